The predicted octanol–water partition coefficient (Wildman–Crippen LogP) is 5.45. The third-order valence-corrected chi connectivity index (χ3v) is 5.91. The summed E-state index contributed by atoms with van der Waals surface area (Å²) in [4.78, 5) is 9.25. The Balaban J connectivity index is 0.00000272. The summed E-state index contributed by atoms with van der Waals surface area (Å²) in [5, 5.41) is 5.89. The van der Waals surface area contributed by atoms with Crippen molar-refractivity contribution in [2.75, 3.05) is 37.6 Å². The number of benzene rings is 1. The van der Waals surface area contributed by atoms with E-state index < -0.39 is 0 Å². The number of anilines is 1. The highest BCUT2D eigenvalue weighted by Crippen LogP contribution is 2.26. The standard InChI is InChI=1S/C23H25Cl2N5.ClH/c1-17-5-3-7-26-23(17)30-18(2)19(16-27-30)6-4-8-28-9-11-29(12-10-28)22-14-20(24)13-21(25)15-22;/h3-7,13-16H,8-12H2,1-2H3;1H/b6-4+;. The number of halogens is 3. The van der Waals surface area contributed by atoms with Crippen molar-refractivity contribution < 1.29 is 0 Å². The first-order valence-corrected chi connectivity index (χ1v) is 10.8. The van der Waals surface area contributed by atoms with E-state index in [1.165, 1.54) is 0 Å². The number of hydrogen-bond acceptors (Lipinski definition) is 4. The van der Waals surface area contributed by atoms with Crippen LogP contribution in [0.15, 0.2) is 48.8 Å². The van der Waals surface area contributed by atoms with Gasteiger partial charge in [-0.15, -0.1) is 12.4 Å². The molecular formula is C23H26Cl3N5. The molecule has 1 saturated heterocycles. The van der Waals surface area contributed by atoms with E-state index in [0.29, 0.717) is 10.0 Å². The molecule has 0 atom stereocenters. The molecule has 0 radical (unpaired) electrons. The van der Waals surface area contributed by atoms with Crippen molar-refractivity contribution in [2.24, 2.45) is 0 Å². The molecule has 5 nitrogen and oxygen atoms in total. The Kier molecular flexibility index (Phi) is 8.00. The zero-order chi connectivity index (χ0) is 21.1. The average Bonchev–Trinajstić information content (AvgIpc) is 3.08. The topological polar surface area (TPSA) is 37.2 Å². The number of rotatable bonds is 5. The van der Waals surface area contributed by atoms with Gasteiger partial charge in [0, 0.05) is 60.2 Å². The first kappa shape index (κ1) is 23.6. The van der Waals surface area contributed by atoms with Gasteiger partial charge in [-0.1, -0.05) is 41.4 Å². The van der Waals surface area contributed by atoms with Gasteiger partial charge in [-0.25, -0.2) is 9.67 Å². The lowest BCUT2D eigenvalue weighted by Gasteiger charge is -2.35. The summed E-state index contributed by atoms with van der Waals surface area (Å²) in [5.41, 5.74) is 4.41. The molecule has 2 aromatic heterocycles. The number of pyridine rings is 1. The monoisotopic (exact) mass is 477 g/mol. The molecule has 0 amide bonds. The lowest BCUT2D eigenvalue weighted by Crippen LogP contribution is -2.46. The SMILES string of the molecule is Cc1cccnc1-n1ncc(/C=C/CN2CCN(c3cc(Cl)cc(Cl)c3)CC2)c1C.Cl. The molecule has 164 valence electrons. The van der Waals surface area contributed by atoms with Gasteiger partial charge < -0.3 is 4.90 Å². The number of aryl methyl sites for hydroxylation is 1. The van der Waals surface area contributed by atoms with E-state index >= 15 is 0 Å². The fraction of sp³-hybridized carbons (Fsp3) is 0.304. The molecule has 4 rings (SSSR count). The minimum Gasteiger partial charge on any atom is -0.369 e. The molecule has 0 N–H and O–H groups in total. The van der Waals surface area contributed by atoms with E-state index in [4.69, 9.17) is 23.2 Å². The first-order valence-electron chi connectivity index (χ1n) is 10.1. The fourth-order valence-electron chi connectivity index (χ4n) is 3.74. The Morgan fingerprint density at radius 3 is 2.42 bits per heavy atom. The van der Waals surface area contributed by atoms with Gasteiger partial charge in [0.2, 0.25) is 0 Å². The van der Waals surface area contributed by atoms with E-state index in [-0.39, 0.29) is 12.4 Å². The number of aromatic nitrogens is 3. The second kappa shape index (κ2) is 10.5. The Hall–Kier alpha value is -2.05. The molecule has 3 heterocycles. The third kappa shape index (κ3) is 5.60. The van der Waals surface area contributed by atoms with Crippen LogP contribution >= 0.6 is 35.6 Å². The largest absolute Gasteiger partial charge is 0.369 e. The minimum atomic E-state index is 0. The number of nitrogens with zero attached hydrogens (tertiary/aromatic N) is 5. The molecule has 1 fully saturated rings. The van der Waals surface area contributed by atoms with E-state index in [9.17, 15) is 0 Å². The zero-order valence-electron chi connectivity index (χ0n) is 17.6. The Morgan fingerprint density at radius 2 is 1.74 bits per heavy atom. The van der Waals surface area contributed by atoms with Crippen molar-refractivity contribution in [3.8, 4) is 5.82 Å². The van der Waals surface area contributed by atoms with Crippen molar-refractivity contribution in [2.45, 2.75) is 13.8 Å². The molecule has 0 spiro atoms. The van der Waals surface area contributed by atoms with Gasteiger partial charge in [-0.2, -0.15) is 5.10 Å². The molecule has 1 aliphatic rings. The number of hydrogen-bond donors (Lipinski definition) is 0. The summed E-state index contributed by atoms with van der Waals surface area (Å²) in [6.45, 7) is 8.96. The molecule has 0 saturated carbocycles. The first-order chi connectivity index (χ1) is 14.5. The maximum atomic E-state index is 6.15. The van der Waals surface area contributed by atoms with Crippen LogP contribution in [0.1, 0.15) is 16.8 Å². The summed E-state index contributed by atoms with van der Waals surface area (Å²) in [6.07, 6.45) is 8.07. The summed E-state index contributed by atoms with van der Waals surface area (Å²) in [7, 11) is 0. The van der Waals surface area contributed by atoms with E-state index in [1.807, 2.05) is 29.1 Å². The van der Waals surface area contributed by atoms with Crippen molar-refractivity contribution in [3.05, 3.63) is 75.7 Å². The summed E-state index contributed by atoms with van der Waals surface area (Å²) < 4.78 is 1.91. The lowest BCUT2D eigenvalue weighted by atomic mass is 10.2. The summed E-state index contributed by atoms with van der Waals surface area (Å²) in [6, 6.07) is 9.72. The smallest absolute Gasteiger partial charge is 0.156 e. The quantitative estimate of drug-likeness (QED) is 0.489. The van der Waals surface area contributed by atoms with Gasteiger partial charge in [0.1, 0.15) is 0 Å². The second-order valence-corrected chi connectivity index (χ2v) is 8.43. The molecule has 1 aromatic carbocycles. The van der Waals surface area contributed by atoms with Crippen molar-refractivity contribution >= 4 is 47.4 Å². The summed E-state index contributed by atoms with van der Waals surface area (Å²) in [5.74, 6) is 0.881. The average molecular weight is 479 g/mol. The second-order valence-electron chi connectivity index (χ2n) is 7.56. The van der Waals surface area contributed by atoms with Gasteiger partial charge >= 0.3 is 0 Å². The van der Waals surface area contributed by atoms with Crippen LogP contribution in [-0.2, 0) is 0 Å². The molecule has 0 unspecified atom stereocenters. The van der Waals surface area contributed by atoms with Crippen LogP contribution in [0.4, 0.5) is 5.69 Å². The van der Waals surface area contributed by atoms with Gasteiger partial charge in [-0.3, -0.25) is 4.90 Å². The van der Waals surface area contributed by atoms with Crippen molar-refractivity contribution in [1.82, 2.24) is 19.7 Å². The highest BCUT2D eigenvalue weighted by atomic mass is 35.5. The highest BCUT2D eigenvalue weighted by molar-refractivity contribution is 6.35. The molecule has 0 bridgehead atoms. The molecule has 31 heavy (non-hydrogen) atoms. The number of piperazine rings is 1. The van der Waals surface area contributed by atoms with Crippen LogP contribution in [0.2, 0.25) is 10.0 Å². The van der Waals surface area contributed by atoms with Crippen LogP contribution in [0.3, 0.4) is 0 Å². The highest BCUT2D eigenvalue weighted by Gasteiger charge is 2.17. The minimum absolute atomic E-state index is 0. The van der Waals surface area contributed by atoms with Crippen LogP contribution in [-0.4, -0.2) is 52.4 Å². The van der Waals surface area contributed by atoms with E-state index in [1.54, 1.807) is 12.3 Å². The normalized spacial score (nSPS) is 14.8. The van der Waals surface area contributed by atoms with Crippen LogP contribution in [0.5, 0.6) is 0 Å². The Morgan fingerprint density at radius 1 is 1.03 bits per heavy atom. The van der Waals surface area contributed by atoms with Crippen LogP contribution in [0.25, 0.3) is 11.9 Å². The Labute approximate surface area is 199 Å². The maximum absolute atomic E-state index is 6.15. The van der Waals surface area contributed by atoms with Crippen LogP contribution < -0.4 is 4.90 Å². The summed E-state index contributed by atoms with van der Waals surface area (Å²) >= 11 is 12.3. The molecular weight excluding hydrogens is 453 g/mol. The fourth-order valence-corrected chi connectivity index (χ4v) is 4.25. The predicted molar refractivity (Wildman–Crippen MR) is 132 cm³/mol. The van der Waals surface area contributed by atoms with Gasteiger partial charge in [0.15, 0.2) is 5.82 Å². The van der Waals surface area contributed by atoms with Crippen LogP contribution in [0, 0.1) is 13.8 Å². The van der Waals surface area contributed by atoms with Gasteiger partial charge in [-0.05, 0) is 43.7 Å². The molecule has 3 aromatic rings. The lowest BCUT2D eigenvalue weighted by molar-refractivity contribution is 0.284. The van der Waals surface area contributed by atoms with E-state index in [2.05, 4.69) is 51.9 Å². The Bertz CT molecular complexity index is 1030. The molecule has 1 aliphatic heterocycles. The van der Waals surface area contributed by atoms with Crippen molar-refractivity contribution in [1.29, 1.82) is 0 Å². The molecule has 0 aliphatic carbocycles. The maximum Gasteiger partial charge on any atom is 0.156 e. The molecule has 8 heteroatoms. The van der Waals surface area contributed by atoms with Crippen molar-refractivity contribution in [3.63, 3.8) is 0 Å². The van der Waals surface area contributed by atoms with Gasteiger partial charge in [0.25, 0.3) is 0 Å². The van der Waals surface area contributed by atoms with E-state index in [0.717, 1.165) is 61.0 Å². The van der Waals surface area contributed by atoms with Gasteiger partial charge in [0.05, 0.1) is 11.9 Å². The zero-order valence-corrected chi connectivity index (χ0v) is 20.0. The third-order valence-electron chi connectivity index (χ3n) is 5.48.